The van der Waals surface area contributed by atoms with Gasteiger partial charge >= 0.3 is 0 Å². The van der Waals surface area contributed by atoms with Gasteiger partial charge in [0, 0.05) is 10.6 Å². The Morgan fingerprint density at radius 3 is 2.56 bits per heavy atom. The fourth-order valence-corrected chi connectivity index (χ4v) is 3.64. The second-order valence-electron chi connectivity index (χ2n) is 6.60. The number of halogens is 1. The van der Waals surface area contributed by atoms with E-state index in [0.717, 1.165) is 16.7 Å². The van der Waals surface area contributed by atoms with Crippen LogP contribution >= 0.6 is 11.6 Å². The second kappa shape index (κ2) is 6.97. The highest BCUT2D eigenvalue weighted by atomic mass is 35.5. The fraction of sp³-hybridized carbons (Fsp3) is 0.136. The molecule has 1 amide bonds. The molecule has 0 aliphatic carbocycles. The number of amides is 1. The van der Waals surface area contributed by atoms with E-state index in [2.05, 4.69) is 0 Å². The summed E-state index contributed by atoms with van der Waals surface area (Å²) in [6, 6.07) is 18.3. The smallest absolute Gasteiger partial charge is 0.290 e. The zero-order chi connectivity index (χ0) is 19.0. The van der Waals surface area contributed by atoms with E-state index >= 15 is 0 Å². The lowest BCUT2D eigenvalue weighted by Crippen LogP contribution is -2.29. The van der Waals surface area contributed by atoms with Gasteiger partial charge in [-0.1, -0.05) is 53.6 Å². The number of benzene rings is 2. The number of nitrogens with zero attached hydrogens (tertiary/aromatic N) is 1. The fourth-order valence-electron chi connectivity index (χ4n) is 3.44. The van der Waals surface area contributed by atoms with Crippen molar-refractivity contribution in [3.8, 4) is 0 Å². The molecule has 0 fully saturated rings. The van der Waals surface area contributed by atoms with Crippen molar-refractivity contribution in [2.75, 3.05) is 0 Å². The minimum atomic E-state index is -0.455. The molecule has 3 aromatic rings. The van der Waals surface area contributed by atoms with E-state index in [0.29, 0.717) is 16.4 Å². The molecule has 4 nitrogen and oxygen atoms in total. The Labute approximate surface area is 162 Å². The van der Waals surface area contributed by atoms with Crippen LogP contribution in [0.25, 0.3) is 5.57 Å². The molecule has 2 heterocycles. The molecule has 1 atom stereocenters. The van der Waals surface area contributed by atoms with Gasteiger partial charge in [0.1, 0.15) is 5.76 Å². The molecule has 2 aromatic carbocycles. The number of rotatable bonds is 4. The Bertz CT molecular complexity index is 1010. The molecule has 1 aliphatic rings. The quantitative estimate of drug-likeness (QED) is 0.669. The van der Waals surface area contributed by atoms with Crippen LogP contribution in [0.4, 0.5) is 0 Å². The molecule has 0 saturated heterocycles. The molecular formula is C22H18ClNO3. The summed E-state index contributed by atoms with van der Waals surface area (Å²) in [7, 11) is 0. The first-order valence-corrected chi connectivity index (χ1v) is 9.01. The molecule has 1 aromatic heterocycles. The highest BCUT2D eigenvalue weighted by molar-refractivity contribution is 6.30. The van der Waals surface area contributed by atoms with Crippen LogP contribution in [0.3, 0.4) is 0 Å². The monoisotopic (exact) mass is 379 g/mol. The summed E-state index contributed by atoms with van der Waals surface area (Å²) in [6.45, 7) is 2.25. The van der Waals surface area contributed by atoms with Crippen molar-refractivity contribution in [3.63, 3.8) is 0 Å². The Kier molecular flexibility index (Phi) is 4.50. The van der Waals surface area contributed by atoms with Crippen LogP contribution in [0.1, 0.15) is 28.5 Å². The van der Waals surface area contributed by atoms with Crippen molar-refractivity contribution in [1.29, 1.82) is 0 Å². The summed E-state index contributed by atoms with van der Waals surface area (Å²) < 4.78 is 5.42. The molecule has 5 heteroatoms. The predicted molar refractivity (Wildman–Crippen MR) is 104 cm³/mol. The van der Waals surface area contributed by atoms with E-state index in [4.69, 9.17) is 16.0 Å². The van der Waals surface area contributed by atoms with Gasteiger partial charge in [-0.15, -0.1) is 0 Å². The Morgan fingerprint density at radius 2 is 1.89 bits per heavy atom. The highest BCUT2D eigenvalue weighted by Crippen LogP contribution is 2.44. The number of aryl methyl sites for hydroxylation is 1. The van der Waals surface area contributed by atoms with Crippen molar-refractivity contribution >= 4 is 23.1 Å². The summed E-state index contributed by atoms with van der Waals surface area (Å²) in [5.41, 5.74) is 3.32. The number of aliphatic hydroxyl groups excluding tert-OH is 1. The Balaban J connectivity index is 1.84. The topological polar surface area (TPSA) is 53.7 Å². The molecule has 0 spiro atoms. The van der Waals surface area contributed by atoms with Crippen LogP contribution < -0.4 is 0 Å². The van der Waals surface area contributed by atoms with Crippen molar-refractivity contribution in [1.82, 2.24) is 4.90 Å². The van der Waals surface area contributed by atoms with E-state index < -0.39 is 11.9 Å². The third-order valence-electron chi connectivity index (χ3n) is 4.74. The van der Waals surface area contributed by atoms with Crippen LogP contribution in [0.2, 0.25) is 5.02 Å². The summed E-state index contributed by atoms with van der Waals surface area (Å²) in [5, 5.41) is 11.3. The third kappa shape index (κ3) is 3.24. The minimum absolute atomic E-state index is 0.240. The lowest BCUT2D eigenvalue weighted by Gasteiger charge is -2.26. The van der Waals surface area contributed by atoms with Gasteiger partial charge < -0.3 is 14.4 Å². The van der Waals surface area contributed by atoms with E-state index in [1.807, 2.05) is 55.5 Å². The predicted octanol–water partition coefficient (Wildman–Crippen LogP) is 5.29. The van der Waals surface area contributed by atoms with Gasteiger partial charge in [-0.05, 0) is 42.3 Å². The van der Waals surface area contributed by atoms with Gasteiger partial charge in [-0.25, -0.2) is 0 Å². The minimum Gasteiger partial charge on any atom is -0.503 e. The number of hydrogen-bond donors (Lipinski definition) is 1. The zero-order valence-corrected chi connectivity index (χ0v) is 15.5. The van der Waals surface area contributed by atoms with Gasteiger partial charge in [-0.2, -0.15) is 0 Å². The van der Waals surface area contributed by atoms with Crippen LogP contribution in [0.15, 0.2) is 77.1 Å². The number of carbonyl (C=O) groups is 1. The van der Waals surface area contributed by atoms with E-state index in [-0.39, 0.29) is 12.3 Å². The first-order valence-electron chi connectivity index (χ1n) is 8.63. The van der Waals surface area contributed by atoms with Gasteiger partial charge in [0.2, 0.25) is 0 Å². The average Bonchev–Trinajstić information content (AvgIpc) is 3.25. The third-order valence-corrected chi connectivity index (χ3v) is 4.97. The van der Waals surface area contributed by atoms with E-state index in [1.165, 1.54) is 0 Å². The van der Waals surface area contributed by atoms with Gasteiger partial charge in [0.15, 0.2) is 5.76 Å². The molecule has 27 heavy (non-hydrogen) atoms. The standard InChI is InChI=1S/C22H18ClNO3/c1-14-7-9-15(10-8-14)19-20(16-4-2-5-17(23)12-16)24(22(26)21(19)25)13-18-6-3-11-27-18/h2-12,20,25H,13H2,1H3/t20-/m0/s1. The SMILES string of the molecule is Cc1ccc(C2=C(O)C(=O)N(Cc3ccco3)[C@H]2c2cccc(Cl)c2)cc1. The molecular weight excluding hydrogens is 362 g/mol. The van der Waals surface area contributed by atoms with Crippen molar-refractivity contribution in [2.24, 2.45) is 0 Å². The maximum Gasteiger partial charge on any atom is 0.290 e. The maximum atomic E-state index is 12.9. The summed E-state index contributed by atoms with van der Waals surface area (Å²) in [5.74, 6) is -0.0179. The molecule has 0 saturated carbocycles. The van der Waals surface area contributed by atoms with Crippen LogP contribution in [0, 0.1) is 6.92 Å². The van der Waals surface area contributed by atoms with Crippen molar-refractivity contribution < 1.29 is 14.3 Å². The van der Waals surface area contributed by atoms with Gasteiger partial charge in [0.25, 0.3) is 5.91 Å². The molecule has 1 N–H and O–H groups in total. The average molecular weight is 380 g/mol. The molecule has 0 radical (unpaired) electrons. The molecule has 0 unspecified atom stereocenters. The Hall–Kier alpha value is -2.98. The second-order valence-corrected chi connectivity index (χ2v) is 7.03. The number of furan rings is 1. The largest absolute Gasteiger partial charge is 0.503 e. The molecule has 0 bridgehead atoms. The van der Waals surface area contributed by atoms with E-state index in [9.17, 15) is 9.90 Å². The lowest BCUT2D eigenvalue weighted by molar-refractivity contribution is -0.130. The molecule has 4 rings (SSSR count). The first kappa shape index (κ1) is 17.4. The molecule has 1 aliphatic heterocycles. The van der Waals surface area contributed by atoms with Crippen LogP contribution in [-0.2, 0) is 11.3 Å². The number of aliphatic hydroxyl groups is 1. The molecule has 136 valence electrons. The maximum absolute atomic E-state index is 12.9. The van der Waals surface area contributed by atoms with Crippen LogP contribution in [0.5, 0.6) is 0 Å². The van der Waals surface area contributed by atoms with Crippen molar-refractivity contribution in [2.45, 2.75) is 19.5 Å². The van der Waals surface area contributed by atoms with Crippen LogP contribution in [-0.4, -0.2) is 15.9 Å². The first-order chi connectivity index (χ1) is 13.0. The van der Waals surface area contributed by atoms with Crippen molar-refractivity contribution in [3.05, 3.63) is 100 Å². The normalized spacial score (nSPS) is 17.0. The van der Waals surface area contributed by atoms with Gasteiger partial charge in [0.05, 0.1) is 18.8 Å². The zero-order valence-electron chi connectivity index (χ0n) is 14.7. The number of hydrogen-bond acceptors (Lipinski definition) is 3. The highest BCUT2D eigenvalue weighted by Gasteiger charge is 2.41. The van der Waals surface area contributed by atoms with Gasteiger partial charge in [-0.3, -0.25) is 4.79 Å². The number of carbonyl (C=O) groups excluding carboxylic acids is 1. The lowest BCUT2D eigenvalue weighted by atomic mass is 9.93. The summed E-state index contributed by atoms with van der Waals surface area (Å²) >= 11 is 6.20. The Morgan fingerprint density at radius 1 is 1.11 bits per heavy atom. The summed E-state index contributed by atoms with van der Waals surface area (Å²) in [4.78, 5) is 14.5. The van der Waals surface area contributed by atoms with E-state index in [1.54, 1.807) is 23.3 Å². The summed E-state index contributed by atoms with van der Waals surface area (Å²) in [6.07, 6.45) is 1.57.